The molecule has 2 rings (SSSR count). The van der Waals surface area contributed by atoms with Gasteiger partial charge in [-0.05, 0) is 37.1 Å². The molecule has 1 aliphatic carbocycles. The van der Waals surface area contributed by atoms with Crippen LogP contribution in [0.2, 0.25) is 0 Å². The third kappa shape index (κ3) is 4.66. The lowest BCUT2D eigenvalue weighted by Crippen LogP contribution is -2.32. The van der Waals surface area contributed by atoms with Crippen LogP contribution in [0.15, 0.2) is 24.3 Å². The van der Waals surface area contributed by atoms with Crippen LogP contribution >= 0.6 is 0 Å². The molecule has 0 heterocycles. The molecule has 1 aromatic rings. The Morgan fingerprint density at radius 1 is 1.10 bits per heavy atom. The van der Waals surface area contributed by atoms with Gasteiger partial charge >= 0.3 is 0 Å². The molecular weight excluding hydrogens is 254 g/mol. The Morgan fingerprint density at radius 3 is 2.15 bits per heavy atom. The summed E-state index contributed by atoms with van der Waals surface area (Å²) < 4.78 is 0. The van der Waals surface area contributed by atoms with E-state index in [1.54, 1.807) is 24.3 Å². The highest BCUT2D eigenvalue weighted by Crippen LogP contribution is 2.30. The predicted octanol–water partition coefficient (Wildman–Crippen LogP) is 1.97. The smallest absolute Gasteiger partial charge is 0.238 e. The first kappa shape index (κ1) is 14.5. The van der Waals surface area contributed by atoms with Crippen molar-refractivity contribution in [3.8, 4) is 0 Å². The topological polar surface area (TPSA) is 70.2 Å². The third-order valence-electron chi connectivity index (χ3n) is 3.06. The molecule has 20 heavy (non-hydrogen) atoms. The first-order chi connectivity index (χ1) is 9.54. The van der Waals surface area contributed by atoms with Gasteiger partial charge in [-0.15, -0.1) is 0 Å². The fourth-order valence-corrected chi connectivity index (χ4v) is 1.73. The lowest BCUT2D eigenvalue weighted by molar-refractivity contribution is -0.117. The lowest BCUT2D eigenvalue weighted by Gasteiger charge is -2.10. The predicted molar refractivity (Wildman–Crippen MR) is 79.6 cm³/mol. The van der Waals surface area contributed by atoms with E-state index in [1.165, 1.54) is 0 Å². The van der Waals surface area contributed by atoms with Crippen molar-refractivity contribution in [3.63, 3.8) is 0 Å². The summed E-state index contributed by atoms with van der Waals surface area (Å²) in [5.41, 5.74) is 1.49. The Morgan fingerprint density at radius 2 is 1.65 bits per heavy atom. The second-order valence-corrected chi connectivity index (χ2v) is 5.42. The van der Waals surface area contributed by atoms with Gasteiger partial charge in [0.25, 0.3) is 0 Å². The average molecular weight is 275 g/mol. The summed E-state index contributed by atoms with van der Waals surface area (Å²) in [5, 5.41) is 8.71. The molecule has 5 heteroatoms. The van der Waals surface area contributed by atoms with E-state index in [9.17, 15) is 9.59 Å². The summed E-state index contributed by atoms with van der Waals surface area (Å²) in [7, 11) is 0. The van der Waals surface area contributed by atoms with E-state index in [-0.39, 0.29) is 30.3 Å². The van der Waals surface area contributed by atoms with Crippen molar-refractivity contribution in [2.24, 2.45) is 5.92 Å². The van der Waals surface area contributed by atoms with Crippen molar-refractivity contribution >= 4 is 23.2 Å². The van der Waals surface area contributed by atoms with Gasteiger partial charge in [0.15, 0.2) is 0 Å². The second-order valence-electron chi connectivity index (χ2n) is 5.42. The maximum Gasteiger partial charge on any atom is 0.238 e. The zero-order valence-corrected chi connectivity index (χ0v) is 11.9. The van der Waals surface area contributed by atoms with E-state index in [4.69, 9.17) is 0 Å². The minimum Gasteiger partial charge on any atom is -0.326 e. The van der Waals surface area contributed by atoms with Crippen molar-refractivity contribution in [2.45, 2.75) is 32.7 Å². The van der Waals surface area contributed by atoms with Crippen molar-refractivity contribution in [1.82, 2.24) is 5.32 Å². The highest BCUT2D eigenvalue weighted by molar-refractivity contribution is 5.95. The Hall–Kier alpha value is -1.88. The van der Waals surface area contributed by atoms with E-state index >= 15 is 0 Å². The summed E-state index contributed by atoms with van der Waals surface area (Å²) in [5.74, 6) is 0.202. The van der Waals surface area contributed by atoms with Crippen LogP contribution in [-0.2, 0) is 9.59 Å². The Bertz CT molecular complexity index is 478. The van der Waals surface area contributed by atoms with Crippen molar-refractivity contribution < 1.29 is 9.59 Å². The highest BCUT2D eigenvalue weighted by Gasteiger charge is 2.29. The molecule has 0 unspecified atom stereocenters. The van der Waals surface area contributed by atoms with Gasteiger partial charge in [0.2, 0.25) is 11.8 Å². The van der Waals surface area contributed by atoms with E-state index in [2.05, 4.69) is 16.0 Å². The molecule has 3 N–H and O–H groups in total. The van der Waals surface area contributed by atoms with Crippen molar-refractivity contribution in [3.05, 3.63) is 24.3 Å². The van der Waals surface area contributed by atoms with Gasteiger partial charge in [-0.3, -0.25) is 9.59 Å². The fraction of sp³-hybridized carbons (Fsp3) is 0.467. The molecule has 2 amide bonds. The first-order valence-corrected chi connectivity index (χ1v) is 6.99. The van der Waals surface area contributed by atoms with Gasteiger partial charge in [0.1, 0.15) is 0 Å². The molecule has 1 fully saturated rings. The maximum absolute atomic E-state index is 11.6. The summed E-state index contributed by atoms with van der Waals surface area (Å²) in [6, 6.07) is 7.45. The summed E-state index contributed by atoms with van der Waals surface area (Å²) in [4.78, 5) is 23.2. The molecule has 0 spiro atoms. The Kier molecular flexibility index (Phi) is 4.74. The van der Waals surface area contributed by atoms with Crippen LogP contribution in [0.3, 0.4) is 0 Å². The monoisotopic (exact) mass is 275 g/mol. The van der Waals surface area contributed by atoms with Gasteiger partial charge < -0.3 is 16.0 Å². The largest absolute Gasteiger partial charge is 0.326 e. The Labute approximate surface area is 119 Å². The molecule has 0 aliphatic heterocycles. The highest BCUT2D eigenvalue weighted by atomic mass is 16.2. The normalized spacial score (nSPS) is 14.2. The molecule has 108 valence electrons. The van der Waals surface area contributed by atoms with Gasteiger partial charge in [-0.25, -0.2) is 0 Å². The van der Waals surface area contributed by atoms with Gasteiger partial charge in [0.05, 0.1) is 6.54 Å². The SMILES string of the molecule is CC(C)NCC(=O)Nc1ccc(NC(=O)C2CC2)cc1. The van der Waals surface area contributed by atoms with E-state index < -0.39 is 0 Å². The molecule has 0 radical (unpaired) electrons. The average Bonchev–Trinajstić information content (AvgIpc) is 3.23. The molecule has 0 atom stereocenters. The van der Waals surface area contributed by atoms with Crippen LogP contribution in [0, 0.1) is 5.92 Å². The molecule has 1 aromatic carbocycles. The number of nitrogens with one attached hydrogen (secondary N) is 3. The van der Waals surface area contributed by atoms with E-state index in [0.29, 0.717) is 0 Å². The number of hydrogen-bond acceptors (Lipinski definition) is 3. The molecule has 5 nitrogen and oxygen atoms in total. The van der Waals surface area contributed by atoms with Crippen LogP contribution in [0.4, 0.5) is 11.4 Å². The van der Waals surface area contributed by atoms with Gasteiger partial charge in [-0.2, -0.15) is 0 Å². The first-order valence-electron chi connectivity index (χ1n) is 6.99. The summed E-state index contributed by atoms with van der Waals surface area (Å²) in [6.45, 7) is 4.27. The zero-order chi connectivity index (χ0) is 14.5. The van der Waals surface area contributed by atoms with Crippen LogP contribution in [0.25, 0.3) is 0 Å². The van der Waals surface area contributed by atoms with Gasteiger partial charge in [0, 0.05) is 23.3 Å². The zero-order valence-electron chi connectivity index (χ0n) is 11.9. The summed E-state index contributed by atoms with van der Waals surface area (Å²) in [6.07, 6.45) is 1.98. The van der Waals surface area contributed by atoms with Crippen LogP contribution < -0.4 is 16.0 Å². The number of rotatable bonds is 6. The molecule has 0 saturated heterocycles. The minimum atomic E-state index is -0.0755. The molecule has 0 bridgehead atoms. The van der Waals surface area contributed by atoms with Crippen LogP contribution in [0.5, 0.6) is 0 Å². The van der Waals surface area contributed by atoms with Crippen LogP contribution in [-0.4, -0.2) is 24.4 Å². The lowest BCUT2D eigenvalue weighted by atomic mass is 10.2. The molecular formula is C15H21N3O2. The van der Waals surface area contributed by atoms with Crippen LogP contribution in [0.1, 0.15) is 26.7 Å². The minimum absolute atomic E-state index is 0.0755. The van der Waals surface area contributed by atoms with Gasteiger partial charge in [-0.1, -0.05) is 13.8 Å². The molecule has 0 aromatic heterocycles. The summed E-state index contributed by atoms with van der Waals surface area (Å²) >= 11 is 0. The van der Waals surface area contributed by atoms with Crippen molar-refractivity contribution in [2.75, 3.05) is 17.2 Å². The maximum atomic E-state index is 11.6. The number of benzene rings is 1. The third-order valence-corrected chi connectivity index (χ3v) is 3.06. The number of hydrogen-bond donors (Lipinski definition) is 3. The molecule has 1 aliphatic rings. The standard InChI is InChI=1S/C15H21N3O2/c1-10(2)16-9-14(19)17-12-5-7-13(8-6-12)18-15(20)11-3-4-11/h5-8,10-11,16H,3-4,9H2,1-2H3,(H,17,19)(H,18,20). The Balaban J connectivity index is 1.81. The number of amides is 2. The van der Waals surface area contributed by atoms with E-state index in [1.807, 2.05) is 13.8 Å². The quantitative estimate of drug-likeness (QED) is 0.743. The fourth-order valence-electron chi connectivity index (χ4n) is 1.73. The second kappa shape index (κ2) is 6.52. The molecule has 1 saturated carbocycles. The number of carbonyl (C=O) groups excluding carboxylic acids is 2. The van der Waals surface area contributed by atoms with E-state index in [0.717, 1.165) is 24.2 Å². The van der Waals surface area contributed by atoms with Crippen molar-refractivity contribution in [1.29, 1.82) is 0 Å². The number of anilines is 2. The number of carbonyl (C=O) groups is 2.